The van der Waals surface area contributed by atoms with Crippen molar-refractivity contribution in [3.8, 4) is 0 Å². The predicted octanol–water partition coefficient (Wildman–Crippen LogP) is 0.0991. The lowest BCUT2D eigenvalue weighted by atomic mass is 10.3. The molecule has 68 valence electrons. The van der Waals surface area contributed by atoms with Crippen LogP contribution in [0.1, 0.15) is 13.3 Å². The molecule has 12 heavy (non-hydrogen) atoms. The molecule has 1 rings (SSSR count). The first-order valence-electron chi connectivity index (χ1n) is 3.94. The SMILES string of the molecule is CC[N+]1(O)CCN=C1CC(=O)O. The summed E-state index contributed by atoms with van der Waals surface area (Å²) in [5.74, 6) is -0.578. The van der Waals surface area contributed by atoms with Gasteiger partial charge in [0.25, 0.3) is 0 Å². The summed E-state index contributed by atoms with van der Waals surface area (Å²) in [6.45, 7) is 3.31. The van der Waals surface area contributed by atoms with Gasteiger partial charge in [-0.1, -0.05) is 0 Å². The number of likely N-dealkylation sites (N-methyl/N-ethyl adjacent to an activating group) is 1. The number of hydrogen-bond acceptors (Lipinski definition) is 3. The Morgan fingerprint density at radius 3 is 2.92 bits per heavy atom. The van der Waals surface area contributed by atoms with Crippen LogP contribution in [0.4, 0.5) is 0 Å². The minimum absolute atomic E-state index is 0.162. The molecule has 0 spiro atoms. The molecule has 1 atom stereocenters. The molecular weight excluding hydrogens is 160 g/mol. The van der Waals surface area contributed by atoms with Crippen LogP contribution in [0.5, 0.6) is 0 Å². The summed E-state index contributed by atoms with van der Waals surface area (Å²) < 4.78 is -0.299. The van der Waals surface area contributed by atoms with E-state index >= 15 is 0 Å². The van der Waals surface area contributed by atoms with Gasteiger partial charge in [0.15, 0.2) is 0 Å². The maximum atomic E-state index is 10.4. The van der Waals surface area contributed by atoms with E-state index in [1.54, 1.807) is 0 Å². The fourth-order valence-corrected chi connectivity index (χ4v) is 1.28. The van der Waals surface area contributed by atoms with Gasteiger partial charge in [-0.15, -0.1) is 4.65 Å². The lowest BCUT2D eigenvalue weighted by Gasteiger charge is -2.22. The number of carbonyl (C=O) groups is 1. The maximum absolute atomic E-state index is 10.4. The summed E-state index contributed by atoms with van der Waals surface area (Å²) in [7, 11) is 0. The van der Waals surface area contributed by atoms with Crippen molar-refractivity contribution < 1.29 is 19.8 Å². The van der Waals surface area contributed by atoms with E-state index in [0.29, 0.717) is 25.5 Å². The zero-order valence-corrected chi connectivity index (χ0v) is 7.03. The van der Waals surface area contributed by atoms with Gasteiger partial charge in [-0.3, -0.25) is 4.79 Å². The Bertz CT molecular complexity index is 227. The van der Waals surface area contributed by atoms with Crippen molar-refractivity contribution in [3.63, 3.8) is 0 Å². The van der Waals surface area contributed by atoms with E-state index in [4.69, 9.17) is 5.11 Å². The van der Waals surface area contributed by atoms with E-state index in [-0.39, 0.29) is 11.1 Å². The number of aliphatic carboxylic acids is 1. The smallest absolute Gasteiger partial charge is 0.315 e. The topological polar surface area (TPSA) is 69.9 Å². The summed E-state index contributed by atoms with van der Waals surface area (Å²) >= 11 is 0. The maximum Gasteiger partial charge on any atom is 0.315 e. The minimum atomic E-state index is -0.944. The largest absolute Gasteiger partial charge is 0.481 e. The Hall–Kier alpha value is -0.940. The summed E-state index contributed by atoms with van der Waals surface area (Å²) in [5, 5.41) is 18.3. The molecule has 0 radical (unpaired) electrons. The molecule has 0 amide bonds. The van der Waals surface area contributed by atoms with Crippen LogP contribution in [-0.2, 0) is 4.79 Å². The molecule has 0 aliphatic carbocycles. The molecule has 0 aromatic heterocycles. The first-order chi connectivity index (χ1) is 5.58. The second-order valence-corrected chi connectivity index (χ2v) is 2.83. The van der Waals surface area contributed by atoms with E-state index in [1.807, 2.05) is 6.92 Å². The highest BCUT2D eigenvalue weighted by Gasteiger charge is 2.36. The molecule has 1 unspecified atom stereocenters. The van der Waals surface area contributed by atoms with E-state index in [9.17, 15) is 10.0 Å². The standard InChI is InChI=1S/C7H12N2O3/c1-2-9(12)4-3-8-6(9)5-7(10)11/h12H,2-5H2,1H3/p+1. The van der Waals surface area contributed by atoms with Gasteiger partial charge in [0.1, 0.15) is 19.5 Å². The third-order valence-electron chi connectivity index (χ3n) is 2.08. The summed E-state index contributed by atoms with van der Waals surface area (Å²) in [4.78, 5) is 14.3. The fraction of sp³-hybridized carbons (Fsp3) is 0.714. The Morgan fingerprint density at radius 2 is 2.42 bits per heavy atom. The molecule has 0 aromatic rings. The minimum Gasteiger partial charge on any atom is -0.481 e. The highest BCUT2D eigenvalue weighted by molar-refractivity contribution is 5.93. The zero-order chi connectivity index (χ0) is 9.19. The number of aliphatic imine (C=N–C) groups is 1. The predicted molar refractivity (Wildman–Crippen MR) is 42.0 cm³/mol. The first-order valence-corrected chi connectivity index (χ1v) is 3.94. The Labute approximate surface area is 70.5 Å². The molecular formula is C7H13N2O3+. The van der Waals surface area contributed by atoms with Crippen LogP contribution >= 0.6 is 0 Å². The molecule has 0 saturated carbocycles. The van der Waals surface area contributed by atoms with Crippen LogP contribution in [-0.4, -0.2) is 46.4 Å². The van der Waals surface area contributed by atoms with Gasteiger partial charge < -0.3 is 5.11 Å². The van der Waals surface area contributed by atoms with E-state index in [2.05, 4.69) is 4.99 Å². The van der Waals surface area contributed by atoms with Crippen molar-refractivity contribution in [1.29, 1.82) is 0 Å². The van der Waals surface area contributed by atoms with Crippen LogP contribution in [0.25, 0.3) is 0 Å². The monoisotopic (exact) mass is 173 g/mol. The molecule has 1 aliphatic heterocycles. The van der Waals surface area contributed by atoms with Crippen molar-refractivity contribution >= 4 is 11.8 Å². The Kier molecular flexibility index (Phi) is 2.44. The van der Waals surface area contributed by atoms with Crippen molar-refractivity contribution in [2.45, 2.75) is 13.3 Å². The van der Waals surface area contributed by atoms with Gasteiger partial charge >= 0.3 is 5.97 Å². The van der Waals surface area contributed by atoms with Crippen molar-refractivity contribution in [3.05, 3.63) is 0 Å². The first kappa shape index (κ1) is 9.15. The number of hydrogen-bond donors (Lipinski definition) is 2. The molecule has 0 bridgehead atoms. The molecule has 0 fully saturated rings. The highest BCUT2D eigenvalue weighted by atomic mass is 16.5. The van der Waals surface area contributed by atoms with E-state index in [1.165, 1.54) is 0 Å². The molecule has 0 aromatic carbocycles. The van der Waals surface area contributed by atoms with Gasteiger partial charge in [0, 0.05) is 0 Å². The second kappa shape index (κ2) is 3.20. The van der Waals surface area contributed by atoms with E-state index < -0.39 is 5.97 Å². The Morgan fingerprint density at radius 1 is 1.75 bits per heavy atom. The van der Waals surface area contributed by atoms with Gasteiger partial charge in [0.2, 0.25) is 5.84 Å². The third-order valence-corrected chi connectivity index (χ3v) is 2.08. The van der Waals surface area contributed by atoms with Crippen LogP contribution < -0.4 is 0 Å². The van der Waals surface area contributed by atoms with Gasteiger partial charge in [0.05, 0.1) is 6.54 Å². The lowest BCUT2D eigenvalue weighted by molar-refractivity contribution is -1.03. The molecule has 1 aliphatic rings. The number of hydroxylamine groups is 3. The van der Waals surface area contributed by atoms with Gasteiger partial charge in [-0.2, -0.15) is 0 Å². The van der Waals surface area contributed by atoms with Crippen molar-refractivity contribution in [2.24, 2.45) is 4.99 Å². The average molecular weight is 173 g/mol. The number of rotatable bonds is 3. The molecule has 5 nitrogen and oxygen atoms in total. The third kappa shape index (κ3) is 1.62. The summed E-state index contributed by atoms with van der Waals surface area (Å²) in [6, 6.07) is 0. The second-order valence-electron chi connectivity index (χ2n) is 2.83. The van der Waals surface area contributed by atoms with Crippen LogP contribution in [0.2, 0.25) is 0 Å². The molecule has 2 N–H and O–H groups in total. The Balaban J connectivity index is 2.69. The summed E-state index contributed by atoms with van der Waals surface area (Å²) in [6.07, 6.45) is -0.162. The lowest BCUT2D eigenvalue weighted by Crippen LogP contribution is -2.48. The van der Waals surface area contributed by atoms with Crippen LogP contribution in [0, 0.1) is 0 Å². The summed E-state index contributed by atoms with van der Waals surface area (Å²) in [5.41, 5.74) is 0. The molecule has 0 saturated heterocycles. The number of nitrogens with zero attached hydrogens (tertiary/aromatic N) is 2. The van der Waals surface area contributed by atoms with Crippen molar-refractivity contribution in [1.82, 2.24) is 0 Å². The van der Waals surface area contributed by atoms with Gasteiger partial charge in [-0.05, 0) is 6.92 Å². The fourth-order valence-electron chi connectivity index (χ4n) is 1.28. The van der Waals surface area contributed by atoms with Crippen LogP contribution in [0.3, 0.4) is 0 Å². The van der Waals surface area contributed by atoms with Gasteiger partial charge in [-0.25, -0.2) is 10.2 Å². The van der Waals surface area contributed by atoms with Crippen LogP contribution in [0.15, 0.2) is 4.99 Å². The highest BCUT2D eigenvalue weighted by Crippen LogP contribution is 2.13. The van der Waals surface area contributed by atoms with Crippen molar-refractivity contribution in [2.75, 3.05) is 19.6 Å². The number of carboxylic acid groups (broad SMARTS) is 1. The van der Waals surface area contributed by atoms with E-state index in [0.717, 1.165) is 0 Å². The average Bonchev–Trinajstić information content (AvgIpc) is 2.33. The molecule has 5 heteroatoms. The normalized spacial score (nSPS) is 28.7. The number of quaternary nitrogens is 1. The quantitative estimate of drug-likeness (QED) is 0.594. The molecule has 1 heterocycles. The zero-order valence-electron chi connectivity index (χ0n) is 7.03. The number of amidine groups is 1. The number of carboxylic acids is 1.